The zero-order valence-corrected chi connectivity index (χ0v) is 15.9. The maximum absolute atomic E-state index is 11.4. The number of esters is 1. The summed E-state index contributed by atoms with van der Waals surface area (Å²) in [6, 6.07) is 18.2. The normalized spacial score (nSPS) is 11.7. The summed E-state index contributed by atoms with van der Waals surface area (Å²) in [5.41, 5.74) is 2.16. The van der Waals surface area contributed by atoms with Gasteiger partial charge in [-0.25, -0.2) is 0 Å². The monoisotopic (exact) mass is 406 g/mol. The van der Waals surface area contributed by atoms with E-state index in [1.807, 2.05) is 36.4 Å². The van der Waals surface area contributed by atoms with Gasteiger partial charge in [-0.3, -0.25) is 0 Å². The van der Waals surface area contributed by atoms with E-state index in [2.05, 4.69) is 35.1 Å². The van der Waals surface area contributed by atoms with E-state index in [1.54, 1.807) is 0 Å². The van der Waals surface area contributed by atoms with Crippen molar-refractivity contribution in [2.75, 3.05) is 7.11 Å². The van der Waals surface area contributed by atoms with Crippen molar-refractivity contribution in [3.05, 3.63) is 82.9 Å². The van der Waals surface area contributed by atoms with Crippen LogP contribution in [0.3, 0.4) is 0 Å². The number of ether oxygens (including phenoxy) is 1. The minimum atomic E-state index is -0.342. The van der Waals surface area contributed by atoms with E-state index in [4.69, 9.17) is 11.6 Å². The Bertz CT molecular complexity index is 706. The molecule has 2 aromatic carbocycles. The predicted octanol–water partition coefficient (Wildman–Crippen LogP) is 4.29. The summed E-state index contributed by atoms with van der Waals surface area (Å²) in [5.74, 6) is -0.342. The van der Waals surface area contributed by atoms with Gasteiger partial charge in [-0.15, -0.1) is 0 Å². The second-order valence-electron chi connectivity index (χ2n) is 5.04. The Hall–Kier alpha value is -1.80. The van der Waals surface area contributed by atoms with Gasteiger partial charge in [0.2, 0.25) is 0 Å². The summed E-state index contributed by atoms with van der Waals surface area (Å²) in [6.45, 7) is 0. The van der Waals surface area contributed by atoms with Crippen LogP contribution in [0.15, 0.2) is 72.3 Å². The molecule has 24 heavy (non-hydrogen) atoms. The fourth-order valence-corrected chi connectivity index (χ4v) is 4.09. The zero-order chi connectivity index (χ0) is 17.2. The molecule has 0 fully saturated rings. The van der Waals surface area contributed by atoms with E-state index in [-0.39, 0.29) is 5.97 Å². The van der Waals surface area contributed by atoms with Crippen LogP contribution in [0.5, 0.6) is 0 Å². The Balaban J connectivity index is 2.05. The molecule has 0 aromatic heterocycles. The summed E-state index contributed by atoms with van der Waals surface area (Å²) < 4.78 is 6.06. The molecule has 4 heteroatoms. The van der Waals surface area contributed by atoms with Gasteiger partial charge in [0.15, 0.2) is 0 Å². The fraction of sp³-hybridized carbons (Fsp3) is 0.150. The molecule has 0 saturated heterocycles. The van der Waals surface area contributed by atoms with Gasteiger partial charge in [0.25, 0.3) is 0 Å². The van der Waals surface area contributed by atoms with Crippen LogP contribution < -0.4 is 4.46 Å². The van der Waals surface area contributed by atoms with Crippen molar-refractivity contribution in [2.45, 2.75) is 11.7 Å². The van der Waals surface area contributed by atoms with Crippen molar-refractivity contribution < 1.29 is 9.53 Å². The summed E-state index contributed by atoms with van der Waals surface area (Å²) >= 11 is 6.34. The molecule has 0 aliphatic heterocycles. The molecule has 0 amide bonds. The molecular weight excluding hydrogens is 387 g/mol. The van der Waals surface area contributed by atoms with Crippen molar-refractivity contribution in [1.29, 1.82) is 0 Å². The molecule has 0 N–H and O–H groups in total. The maximum atomic E-state index is 11.4. The third-order valence-corrected chi connectivity index (χ3v) is 5.64. The molecule has 2 aromatic rings. The summed E-state index contributed by atoms with van der Waals surface area (Å²) in [5, 5.41) is 1.79. The molecule has 0 spiro atoms. The van der Waals surface area contributed by atoms with Gasteiger partial charge in [-0.1, -0.05) is 0 Å². The number of allylic oxidation sites excluding steroid dienone is 2. The third kappa shape index (κ3) is 6.76. The van der Waals surface area contributed by atoms with Crippen LogP contribution in [0, 0.1) is 0 Å². The molecule has 0 atom stereocenters. The fourth-order valence-electron chi connectivity index (χ4n) is 2.02. The standard InChI is InChI=1S/C20H19ClO2Se/c1-23-20(22)12-9-17(15-16-7-10-18(21)11-8-16)13-14-24-19-5-3-2-4-6-19/h2-12,15H,13-14H2,1H3/b12-9+,17-15-. The summed E-state index contributed by atoms with van der Waals surface area (Å²) in [4.78, 5) is 11.4. The van der Waals surface area contributed by atoms with Gasteiger partial charge in [-0.05, 0) is 0 Å². The van der Waals surface area contributed by atoms with Gasteiger partial charge < -0.3 is 0 Å². The molecule has 0 unspecified atom stereocenters. The average molecular weight is 406 g/mol. The van der Waals surface area contributed by atoms with E-state index in [0.29, 0.717) is 20.0 Å². The summed E-state index contributed by atoms with van der Waals surface area (Å²) in [6.07, 6.45) is 6.29. The van der Waals surface area contributed by atoms with Crippen LogP contribution >= 0.6 is 11.6 Å². The van der Waals surface area contributed by atoms with Crippen LogP contribution in [0.1, 0.15) is 12.0 Å². The Morgan fingerprint density at radius 1 is 1.08 bits per heavy atom. The third-order valence-electron chi connectivity index (χ3n) is 3.26. The molecule has 0 bridgehead atoms. The Kier molecular flexibility index (Phi) is 7.84. The predicted molar refractivity (Wildman–Crippen MR) is 102 cm³/mol. The number of carbonyl (C=O) groups is 1. The first-order valence-electron chi connectivity index (χ1n) is 7.57. The molecule has 0 heterocycles. The average Bonchev–Trinajstić information content (AvgIpc) is 2.62. The molecule has 2 rings (SSSR count). The molecule has 0 aliphatic rings. The van der Waals surface area contributed by atoms with Crippen LogP contribution in [0.4, 0.5) is 0 Å². The first kappa shape index (κ1) is 18.5. The van der Waals surface area contributed by atoms with Crippen molar-refractivity contribution >= 4 is 43.1 Å². The molecule has 124 valence electrons. The zero-order valence-electron chi connectivity index (χ0n) is 13.4. The number of hydrogen-bond acceptors (Lipinski definition) is 2. The number of halogens is 1. The number of carbonyl (C=O) groups excluding carboxylic acids is 1. The second-order valence-corrected chi connectivity index (χ2v) is 7.93. The van der Waals surface area contributed by atoms with Crippen LogP contribution in [0.2, 0.25) is 10.3 Å². The van der Waals surface area contributed by atoms with E-state index in [9.17, 15) is 4.79 Å². The molecule has 0 radical (unpaired) electrons. The molecule has 0 aliphatic carbocycles. The van der Waals surface area contributed by atoms with Gasteiger partial charge in [0, 0.05) is 0 Å². The Morgan fingerprint density at radius 2 is 1.79 bits per heavy atom. The van der Waals surface area contributed by atoms with E-state index in [0.717, 1.165) is 22.9 Å². The van der Waals surface area contributed by atoms with Gasteiger partial charge in [-0.2, -0.15) is 0 Å². The van der Waals surface area contributed by atoms with E-state index in [1.165, 1.54) is 17.6 Å². The Morgan fingerprint density at radius 3 is 2.46 bits per heavy atom. The van der Waals surface area contributed by atoms with Crippen molar-refractivity contribution in [1.82, 2.24) is 0 Å². The number of benzene rings is 2. The van der Waals surface area contributed by atoms with Crippen LogP contribution in [-0.2, 0) is 9.53 Å². The van der Waals surface area contributed by atoms with Gasteiger partial charge in [0.05, 0.1) is 0 Å². The number of methoxy groups -OCH3 is 1. The Labute approximate surface area is 154 Å². The van der Waals surface area contributed by atoms with E-state index < -0.39 is 0 Å². The molecule has 0 saturated carbocycles. The van der Waals surface area contributed by atoms with Gasteiger partial charge in [0.1, 0.15) is 0 Å². The number of hydrogen-bond donors (Lipinski definition) is 0. The van der Waals surface area contributed by atoms with Gasteiger partial charge >= 0.3 is 154 Å². The SMILES string of the molecule is COC(=O)/C=C/C(=C/c1ccc(Cl)cc1)CC[Se]c1ccccc1. The minimum absolute atomic E-state index is 0.342. The van der Waals surface area contributed by atoms with E-state index >= 15 is 0 Å². The molecular formula is C20H19ClO2Se. The topological polar surface area (TPSA) is 26.3 Å². The first-order chi connectivity index (χ1) is 11.7. The van der Waals surface area contributed by atoms with Crippen molar-refractivity contribution in [3.63, 3.8) is 0 Å². The molecule has 2 nitrogen and oxygen atoms in total. The quantitative estimate of drug-likeness (QED) is 0.297. The number of rotatable bonds is 7. The second kappa shape index (κ2) is 10.1. The first-order valence-corrected chi connectivity index (χ1v) is 10.0. The van der Waals surface area contributed by atoms with Crippen LogP contribution in [0.25, 0.3) is 6.08 Å². The van der Waals surface area contributed by atoms with Crippen molar-refractivity contribution in [3.8, 4) is 0 Å². The van der Waals surface area contributed by atoms with Crippen molar-refractivity contribution in [2.24, 2.45) is 0 Å². The summed E-state index contributed by atoms with van der Waals surface area (Å²) in [7, 11) is 1.38. The van der Waals surface area contributed by atoms with Crippen LogP contribution in [-0.4, -0.2) is 28.0 Å².